The average molecular weight is 230 g/mol. The van der Waals surface area contributed by atoms with Crippen molar-refractivity contribution in [1.82, 2.24) is 0 Å². The molecule has 0 amide bonds. The van der Waals surface area contributed by atoms with E-state index in [4.69, 9.17) is 23.2 Å². The third-order valence-corrected chi connectivity index (χ3v) is 3.15. The summed E-state index contributed by atoms with van der Waals surface area (Å²) in [7, 11) is 0. The van der Waals surface area contributed by atoms with E-state index in [-0.39, 0.29) is 0 Å². The van der Waals surface area contributed by atoms with E-state index in [1.807, 2.05) is 6.07 Å². The van der Waals surface area contributed by atoms with E-state index in [2.05, 4.69) is 19.9 Å². The summed E-state index contributed by atoms with van der Waals surface area (Å²) in [5, 5.41) is 1.52. The van der Waals surface area contributed by atoms with Crippen molar-refractivity contribution in [1.29, 1.82) is 0 Å². The van der Waals surface area contributed by atoms with Gasteiger partial charge < -0.3 is 0 Å². The summed E-state index contributed by atoms with van der Waals surface area (Å²) >= 11 is 12.3. The van der Waals surface area contributed by atoms with Crippen LogP contribution in [0, 0.1) is 6.07 Å². The van der Waals surface area contributed by atoms with Crippen LogP contribution in [0.3, 0.4) is 0 Å². The first-order chi connectivity index (χ1) is 6.70. The van der Waals surface area contributed by atoms with Gasteiger partial charge >= 0.3 is 0 Å². The first kappa shape index (κ1) is 11.9. The molecule has 0 aliphatic carbocycles. The second-order valence-electron chi connectivity index (χ2n) is 3.38. The molecule has 0 bridgehead atoms. The zero-order chi connectivity index (χ0) is 10.6. The Hall–Kier alpha value is -0.200. The number of aryl methyl sites for hydroxylation is 1. The van der Waals surface area contributed by atoms with Gasteiger partial charge in [-0.05, 0) is 36.5 Å². The van der Waals surface area contributed by atoms with Gasteiger partial charge in [-0.1, -0.05) is 43.5 Å². The molecule has 2 heteroatoms. The molecule has 0 nitrogen and oxygen atoms in total. The number of unbranched alkanes of at least 4 members (excludes halogenated alkanes) is 1. The van der Waals surface area contributed by atoms with Gasteiger partial charge in [-0.3, -0.25) is 0 Å². The summed E-state index contributed by atoms with van der Waals surface area (Å²) in [5.41, 5.74) is 2.21. The van der Waals surface area contributed by atoms with Crippen molar-refractivity contribution in [2.75, 3.05) is 0 Å². The summed E-state index contributed by atoms with van der Waals surface area (Å²) in [4.78, 5) is 0. The molecule has 0 heterocycles. The Balaban J connectivity index is 2.99. The molecule has 0 atom stereocenters. The van der Waals surface area contributed by atoms with Crippen LogP contribution in [0.15, 0.2) is 6.07 Å². The lowest BCUT2D eigenvalue weighted by Crippen LogP contribution is -1.93. The van der Waals surface area contributed by atoms with Crippen molar-refractivity contribution in [2.24, 2.45) is 0 Å². The maximum Gasteiger partial charge on any atom is 0.0531 e. The standard InChI is InChI=1S/C12H15Cl2/c1-3-5-6-10-11(13)8-7-9(4-2)12(10)14/h7H,3-6H2,1-2H3. The van der Waals surface area contributed by atoms with Crippen LogP contribution in [0.2, 0.25) is 10.0 Å². The van der Waals surface area contributed by atoms with Gasteiger partial charge in [-0.15, -0.1) is 0 Å². The van der Waals surface area contributed by atoms with Crippen LogP contribution in [0.1, 0.15) is 37.8 Å². The normalized spacial score (nSPS) is 10.6. The number of hydrogen-bond acceptors (Lipinski definition) is 0. The smallest absolute Gasteiger partial charge is 0.0531 e. The van der Waals surface area contributed by atoms with E-state index in [1.165, 1.54) is 0 Å². The molecule has 1 aromatic carbocycles. The largest absolute Gasteiger partial charge is 0.0837 e. The Bertz CT molecular complexity index is 305. The van der Waals surface area contributed by atoms with Crippen LogP contribution in [-0.2, 0) is 12.8 Å². The predicted molar refractivity (Wildman–Crippen MR) is 63.3 cm³/mol. The summed E-state index contributed by atoms with van der Waals surface area (Å²) in [5.74, 6) is 0. The van der Waals surface area contributed by atoms with Gasteiger partial charge in [0.05, 0.1) is 5.02 Å². The molecular formula is C12H15Cl2. The Kier molecular flexibility index (Phi) is 4.77. The molecule has 0 N–H and O–H groups in total. The highest BCUT2D eigenvalue weighted by Gasteiger charge is 2.09. The van der Waals surface area contributed by atoms with Gasteiger partial charge in [0.1, 0.15) is 0 Å². The maximum atomic E-state index is 6.25. The highest BCUT2D eigenvalue weighted by atomic mass is 35.5. The van der Waals surface area contributed by atoms with E-state index in [0.717, 1.165) is 41.8 Å². The van der Waals surface area contributed by atoms with Crippen LogP contribution in [0.4, 0.5) is 0 Å². The topological polar surface area (TPSA) is 0 Å². The molecule has 1 rings (SSSR count). The third kappa shape index (κ3) is 2.65. The lowest BCUT2D eigenvalue weighted by Gasteiger charge is -2.09. The van der Waals surface area contributed by atoms with Crippen LogP contribution >= 0.6 is 23.2 Å². The molecule has 77 valence electrons. The zero-order valence-electron chi connectivity index (χ0n) is 8.66. The summed E-state index contributed by atoms with van der Waals surface area (Å²) in [6, 6.07) is 4.94. The monoisotopic (exact) mass is 229 g/mol. The van der Waals surface area contributed by atoms with Gasteiger partial charge in [-0.2, -0.15) is 0 Å². The van der Waals surface area contributed by atoms with Crippen LogP contribution < -0.4 is 0 Å². The fourth-order valence-corrected chi connectivity index (χ4v) is 2.09. The second kappa shape index (κ2) is 5.63. The lowest BCUT2D eigenvalue weighted by molar-refractivity contribution is 0.794. The Morgan fingerprint density at radius 3 is 2.57 bits per heavy atom. The third-order valence-electron chi connectivity index (χ3n) is 2.35. The first-order valence-corrected chi connectivity index (χ1v) is 5.83. The minimum absolute atomic E-state index is 0.681. The summed E-state index contributed by atoms with van der Waals surface area (Å²) in [6.07, 6.45) is 4.17. The van der Waals surface area contributed by atoms with Gasteiger partial charge in [-0.25, -0.2) is 0 Å². The van der Waals surface area contributed by atoms with E-state index in [0.29, 0.717) is 5.02 Å². The molecule has 1 aromatic rings. The molecule has 0 aliphatic heterocycles. The van der Waals surface area contributed by atoms with Gasteiger partial charge in [0.2, 0.25) is 0 Å². The first-order valence-electron chi connectivity index (χ1n) is 5.08. The quantitative estimate of drug-likeness (QED) is 0.703. The SMILES string of the molecule is CCCCc1c(Cl)[c]cc(CC)c1Cl. The Morgan fingerprint density at radius 2 is 2.00 bits per heavy atom. The fourth-order valence-electron chi connectivity index (χ4n) is 1.42. The molecular weight excluding hydrogens is 215 g/mol. The Labute approximate surface area is 96.2 Å². The zero-order valence-corrected chi connectivity index (χ0v) is 10.2. The minimum atomic E-state index is 0.681. The number of hydrogen-bond donors (Lipinski definition) is 0. The van der Waals surface area contributed by atoms with Crippen molar-refractivity contribution in [2.45, 2.75) is 39.5 Å². The number of halogens is 2. The van der Waals surface area contributed by atoms with Crippen molar-refractivity contribution in [3.63, 3.8) is 0 Å². The molecule has 0 saturated carbocycles. The molecule has 0 unspecified atom stereocenters. The summed E-state index contributed by atoms with van der Waals surface area (Å²) in [6.45, 7) is 4.25. The molecule has 1 radical (unpaired) electrons. The Morgan fingerprint density at radius 1 is 1.29 bits per heavy atom. The molecule has 0 spiro atoms. The summed E-state index contributed by atoms with van der Waals surface area (Å²) < 4.78 is 0. The van der Waals surface area contributed by atoms with Crippen LogP contribution in [-0.4, -0.2) is 0 Å². The maximum absolute atomic E-state index is 6.25. The van der Waals surface area contributed by atoms with Gasteiger partial charge in [0.25, 0.3) is 0 Å². The average Bonchev–Trinajstić information content (AvgIpc) is 2.18. The predicted octanol–water partition coefficient (Wildman–Crippen LogP) is 4.70. The van der Waals surface area contributed by atoms with E-state index in [1.54, 1.807) is 0 Å². The van der Waals surface area contributed by atoms with E-state index >= 15 is 0 Å². The van der Waals surface area contributed by atoms with Gasteiger partial charge in [0, 0.05) is 11.1 Å². The molecule has 14 heavy (non-hydrogen) atoms. The highest BCUT2D eigenvalue weighted by Crippen LogP contribution is 2.29. The molecule has 0 aromatic heterocycles. The molecule has 0 fully saturated rings. The van der Waals surface area contributed by atoms with E-state index < -0.39 is 0 Å². The van der Waals surface area contributed by atoms with E-state index in [9.17, 15) is 0 Å². The second-order valence-corrected chi connectivity index (χ2v) is 4.13. The van der Waals surface area contributed by atoms with Crippen molar-refractivity contribution in [3.05, 3.63) is 33.3 Å². The highest BCUT2D eigenvalue weighted by molar-refractivity contribution is 6.36. The number of benzene rings is 1. The van der Waals surface area contributed by atoms with Crippen LogP contribution in [0.25, 0.3) is 0 Å². The van der Waals surface area contributed by atoms with Crippen LogP contribution in [0.5, 0.6) is 0 Å². The fraction of sp³-hybridized carbons (Fsp3) is 0.500. The lowest BCUT2D eigenvalue weighted by atomic mass is 10.0. The molecule has 0 saturated heterocycles. The van der Waals surface area contributed by atoms with Gasteiger partial charge in [0.15, 0.2) is 0 Å². The molecule has 0 aliphatic rings. The van der Waals surface area contributed by atoms with Crippen molar-refractivity contribution >= 4 is 23.2 Å². The minimum Gasteiger partial charge on any atom is -0.0837 e. The van der Waals surface area contributed by atoms with Crippen molar-refractivity contribution in [3.8, 4) is 0 Å². The number of rotatable bonds is 4. The van der Waals surface area contributed by atoms with Crippen molar-refractivity contribution < 1.29 is 0 Å².